The zero-order valence-electron chi connectivity index (χ0n) is 12.0. The molecule has 2 aromatic rings. The Hall–Kier alpha value is -1.92. The molecule has 1 aromatic heterocycles. The van der Waals surface area contributed by atoms with Crippen LogP contribution in [0.5, 0.6) is 0 Å². The molecule has 1 saturated heterocycles. The van der Waals surface area contributed by atoms with Crippen molar-refractivity contribution in [2.45, 2.75) is 19.6 Å². The fraction of sp³-hybridized carbons (Fsp3) is 0.333. The van der Waals surface area contributed by atoms with E-state index in [-0.39, 0.29) is 16.9 Å². The fourth-order valence-corrected chi connectivity index (χ4v) is 2.76. The van der Waals surface area contributed by atoms with Crippen molar-refractivity contribution in [2.75, 3.05) is 13.1 Å². The first-order valence-electron chi connectivity index (χ1n) is 6.90. The minimum Gasteiger partial charge on any atom is -0.389 e. The Bertz CT molecular complexity index is 708. The highest BCUT2D eigenvalue weighted by Crippen LogP contribution is 2.24. The lowest BCUT2D eigenvalue weighted by Gasteiger charge is -2.35. The smallest absolute Gasteiger partial charge is 0.259 e. The van der Waals surface area contributed by atoms with E-state index in [1.807, 2.05) is 0 Å². The Balaban J connectivity index is 1.83. The Labute approximate surface area is 131 Å². The molecular formula is C15H15ClFN3O2. The summed E-state index contributed by atoms with van der Waals surface area (Å²) < 4.78 is 14.4. The maximum absolute atomic E-state index is 12.9. The number of aromatic nitrogens is 2. The molecule has 0 saturated carbocycles. The van der Waals surface area contributed by atoms with Gasteiger partial charge in [0, 0.05) is 13.1 Å². The van der Waals surface area contributed by atoms with Crippen LogP contribution in [0.1, 0.15) is 21.6 Å². The number of rotatable bonds is 3. The van der Waals surface area contributed by atoms with E-state index in [1.54, 1.807) is 19.1 Å². The number of aliphatic hydroxyl groups is 1. The summed E-state index contributed by atoms with van der Waals surface area (Å²) in [6.45, 7) is 2.71. The minimum absolute atomic E-state index is 0.224. The number of hydrogen-bond acceptors (Lipinski definition) is 3. The molecule has 1 aliphatic heterocycles. The number of aryl methyl sites for hydroxylation is 1. The normalized spacial score (nSPS) is 15.0. The van der Waals surface area contributed by atoms with E-state index in [1.165, 1.54) is 21.7 Å². The summed E-state index contributed by atoms with van der Waals surface area (Å²) in [4.78, 5) is 13.9. The largest absolute Gasteiger partial charge is 0.389 e. The SMILES string of the molecule is Cc1nn(Cc2ccc(F)cc2)c(Cl)c1C(=O)N1CC(O)C1. The monoisotopic (exact) mass is 323 g/mol. The molecule has 1 aliphatic rings. The summed E-state index contributed by atoms with van der Waals surface area (Å²) in [7, 11) is 0. The molecule has 1 amide bonds. The average Bonchev–Trinajstić information content (AvgIpc) is 2.72. The third-order valence-corrected chi connectivity index (χ3v) is 4.06. The quantitative estimate of drug-likeness (QED) is 0.938. The second kappa shape index (κ2) is 5.70. The van der Waals surface area contributed by atoms with Crippen molar-refractivity contribution in [3.05, 3.63) is 52.1 Å². The molecule has 7 heteroatoms. The molecule has 2 heterocycles. The second-order valence-electron chi connectivity index (χ2n) is 5.40. The molecule has 1 fully saturated rings. The van der Waals surface area contributed by atoms with Gasteiger partial charge in [0.1, 0.15) is 11.0 Å². The van der Waals surface area contributed by atoms with E-state index in [9.17, 15) is 14.3 Å². The van der Waals surface area contributed by atoms with Gasteiger partial charge in [-0.1, -0.05) is 23.7 Å². The zero-order chi connectivity index (χ0) is 15.9. The molecule has 0 aliphatic carbocycles. The van der Waals surface area contributed by atoms with Crippen LogP contribution in [0.2, 0.25) is 5.15 Å². The minimum atomic E-state index is -0.461. The van der Waals surface area contributed by atoms with Gasteiger partial charge >= 0.3 is 0 Å². The highest BCUT2D eigenvalue weighted by atomic mass is 35.5. The van der Waals surface area contributed by atoms with Gasteiger partial charge in [0.15, 0.2) is 0 Å². The maximum atomic E-state index is 12.9. The number of halogens is 2. The molecule has 0 unspecified atom stereocenters. The lowest BCUT2D eigenvalue weighted by Crippen LogP contribution is -2.53. The number of likely N-dealkylation sites (tertiary alicyclic amines) is 1. The van der Waals surface area contributed by atoms with Crippen molar-refractivity contribution in [1.29, 1.82) is 0 Å². The highest BCUT2D eigenvalue weighted by Gasteiger charge is 2.33. The van der Waals surface area contributed by atoms with Crippen molar-refractivity contribution < 1.29 is 14.3 Å². The molecule has 116 valence electrons. The van der Waals surface area contributed by atoms with Crippen LogP contribution < -0.4 is 0 Å². The third-order valence-electron chi connectivity index (χ3n) is 3.67. The topological polar surface area (TPSA) is 58.4 Å². The fourth-order valence-electron chi connectivity index (χ4n) is 2.44. The van der Waals surface area contributed by atoms with Gasteiger partial charge in [-0.05, 0) is 24.6 Å². The number of nitrogens with zero attached hydrogens (tertiary/aromatic N) is 3. The predicted octanol–water partition coefficient (Wildman–Crippen LogP) is 1.85. The van der Waals surface area contributed by atoms with Crippen LogP contribution in [0.25, 0.3) is 0 Å². The maximum Gasteiger partial charge on any atom is 0.259 e. The molecule has 1 N–H and O–H groups in total. The van der Waals surface area contributed by atoms with Crippen LogP contribution in [0, 0.1) is 12.7 Å². The number of carbonyl (C=O) groups is 1. The van der Waals surface area contributed by atoms with Crippen LogP contribution in [-0.2, 0) is 6.54 Å². The Morgan fingerprint density at radius 2 is 2.05 bits per heavy atom. The van der Waals surface area contributed by atoms with Gasteiger partial charge in [-0.25, -0.2) is 9.07 Å². The molecule has 1 aromatic carbocycles. The predicted molar refractivity (Wildman–Crippen MR) is 79.4 cm³/mol. The Kier molecular flexibility index (Phi) is 3.88. The molecule has 5 nitrogen and oxygen atoms in total. The first-order chi connectivity index (χ1) is 10.5. The van der Waals surface area contributed by atoms with E-state index in [2.05, 4.69) is 5.10 Å². The van der Waals surface area contributed by atoms with Crippen molar-refractivity contribution in [3.63, 3.8) is 0 Å². The summed E-state index contributed by atoms with van der Waals surface area (Å²) in [5.74, 6) is -0.531. The zero-order valence-corrected chi connectivity index (χ0v) is 12.7. The van der Waals surface area contributed by atoms with E-state index < -0.39 is 6.10 Å². The standard InChI is InChI=1S/C15H15ClFN3O2/c1-9-13(15(22)19-7-12(21)8-19)14(16)20(18-9)6-10-2-4-11(17)5-3-10/h2-5,12,21H,6-8H2,1H3. The van der Waals surface area contributed by atoms with Gasteiger partial charge < -0.3 is 10.0 Å². The molecule has 3 rings (SSSR count). The highest BCUT2D eigenvalue weighted by molar-refractivity contribution is 6.33. The van der Waals surface area contributed by atoms with Gasteiger partial charge in [0.05, 0.1) is 23.9 Å². The molecular weight excluding hydrogens is 309 g/mol. The summed E-state index contributed by atoms with van der Waals surface area (Å²) in [6, 6.07) is 6.03. The lowest BCUT2D eigenvalue weighted by atomic mass is 10.1. The molecule has 0 bridgehead atoms. The number of aliphatic hydroxyl groups excluding tert-OH is 1. The van der Waals surface area contributed by atoms with Crippen LogP contribution >= 0.6 is 11.6 Å². The summed E-state index contributed by atoms with van der Waals surface area (Å²) in [5, 5.41) is 13.8. The van der Waals surface area contributed by atoms with Gasteiger partial charge in [0.2, 0.25) is 0 Å². The van der Waals surface area contributed by atoms with Crippen molar-refractivity contribution in [2.24, 2.45) is 0 Å². The van der Waals surface area contributed by atoms with E-state index in [4.69, 9.17) is 11.6 Å². The number of β-amino-alcohol motifs (C(OH)–C–C–N with tert-alkyl or cyclic N) is 1. The molecule has 0 atom stereocenters. The van der Waals surface area contributed by atoms with Crippen LogP contribution in [0.15, 0.2) is 24.3 Å². The van der Waals surface area contributed by atoms with Gasteiger partial charge in [-0.3, -0.25) is 4.79 Å². The third kappa shape index (κ3) is 2.71. The van der Waals surface area contributed by atoms with E-state index in [0.29, 0.717) is 30.9 Å². The van der Waals surface area contributed by atoms with Crippen molar-refractivity contribution >= 4 is 17.5 Å². The van der Waals surface area contributed by atoms with Crippen LogP contribution in [0.3, 0.4) is 0 Å². The summed E-state index contributed by atoms with van der Waals surface area (Å²) >= 11 is 6.28. The van der Waals surface area contributed by atoms with Crippen LogP contribution in [0.4, 0.5) is 4.39 Å². The summed E-state index contributed by atoms with van der Waals surface area (Å²) in [5.41, 5.74) is 1.73. The summed E-state index contributed by atoms with van der Waals surface area (Å²) in [6.07, 6.45) is -0.461. The number of benzene rings is 1. The number of amides is 1. The first kappa shape index (κ1) is 15.0. The van der Waals surface area contributed by atoms with Gasteiger partial charge in [-0.2, -0.15) is 5.10 Å². The molecule has 22 heavy (non-hydrogen) atoms. The first-order valence-corrected chi connectivity index (χ1v) is 7.28. The van der Waals surface area contributed by atoms with E-state index >= 15 is 0 Å². The van der Waals surface area contributed by atoms with Gasteiger partial charge in [-0.15, -0.1) is 0 Å². The lowest BCUT2D eigenvalue weighted by molar-refractivity contribution is 0.00584. The van der Waals surface area contributed by atoms with E-state index in [0.717, 1.165) is 5.56 Å². The number of carbonyl (C=O) groups excluding carboxylic acids is 1. The Morgan fingerprint density at radius 3 is 2.64 bits per heavy atom. The Morgan fingerprint density at radius 1 is 1.41 bits per heavy atom. The molecule has 0 radical (unpaired) electrons. The van der Waals surface area contributed by atoms with Crippen molar-refractivity contribution in [3.8, 4) is 0 Å². The van der Waals surface area contributed by atoms with Crippen molar-refractivity contribution in [1.82, 2.24) is 14.7 Å². The van der Waals surface area contributed by atoms with Crippen LogP contribution in [-0.4, -0.2) is 44.9 Å². The second-order valence-corrected chi connectivity index (χ2v) is 5.76. The average molecular weight is 324 g/mol. The molecule has 0 spiro atoms. The van der Waals surface area contributed by atoms with Gasteiger partial charge in [0.25, 0.3) is 5.91 Å². The number of hydrogen-bond donors (Lipinski definition) is 1.